The number of alkyl halides is 12. The number of nitrogens with zero attached hydrogens (tertiary/aromatic N) is 2. The summed E-state index contributed by atoms with van der Waals surface area (Å²) in [5.74, 6) is -9.17. The first kappa shape index (κ1) is 88.7. The molecule has 6 atom stereocenters. The number of anilines is 1. The van der Waals surface area contributed by atoms with Crippen molar-refractivity contribution in [2.75, 3.05) is 32.2 Å². The Hall–Kier alpha value is -6.31. The number of halogens is 12. The van der Waals surface area contributed by atoms with Gasteiger partial charge in [-0.25, -0.2) is 28.8 Å². The molecular formula is C63H96F12N2O18. The molecular weight excluding hydrogens is 1300 g/mol. The van der Waals surface area contributed by atoms with Gasteiger partial charge in [-0.05, 0) is 194 Å². The molecule has 2 heterocycles. The largest absolute Gasteiger partial charge is 0.519 e. The van der Waals surface area contributed by atoms with Gasteiger partial charge in [-0.1, -0.05) is 13.2 Å². The summed E-state index contributed by atoms with van der Waals surface area (Å²) in [7, 11) is 4.02. The van der Waals surface area contributed by atoms with Crippen molar-refractivity contribution in [2.24, 2.45) is 23.7 Å². The molecule has 32 heteroatoms. The Labute approximate surface area is 547 Å². The zero-order chi connectivity index (χ0) is 74.9. The Morgan fingerprint density at radius 3 is 1.09 bits per heavy atom. The van der Waals surface area contributed by atoms with E-state index >= 15 is 0 Å². The maximum Gasteiger partial charge on any atom is 0.519 e. The van der Waals surface area contributed by atoms with Crippen LogP contribution >= 0.6 is 0 Å². The minimum absolute atomic E-state index is 0.0752. The molecule has 0 radical (unpaired) electrons. The van der Waals surface area contributed by atoms with Gasteiger partial charge >= 0.3 is 66.9 Å². The normalized spacial score (nSPS) is 20.0. The SMILES string of the molecule is C1CCOC1.C=C(C)C(=O)OC1CC(C(C)(C)O)CC(C(O)(C(F)(F)F)C(F)(F)F)C1.C=C(C)C(=O)OC1CC(C(C)(C)OC(=O)OC(C)(C)C)CC(C(OC(=O)OC(C)(C)C)(C(F)(F)F)C(F)(F)F)C1.CC(C)(C)OC(=O)OC(=O)OC(C)(C)C.CN(C)c1ccncc1. The van der Waals surface area contributed by atoms with Gasteiger partial charge in [0.25, 0.3) is 5.60 Å². The van der Waals surface area contributed by atoms with Crippen molar-refractivity contribution in [2.45, 2.75) is 258 Å². The van der Waals surface area contributed by atoms with E-state index in [1.54, 1.807) is 53.9 Å². The van der Waals surface area contributed by atoms with Crippen LogP contribution in [0.1, 0.15) is 176 Å². The van der Waals surface area contributed by atoms with E-state index in [2.05, 4.69) is 32.4 Å². The Bertz CT molecular complexity index is 2600. The van der Waals surface area contributed by atoms with Crippen LogP contribution in [0.25, 0.3) is 0 Å². The molecule has 4 rings (SSSR count). The second-order valence-corrected chi connectivity index (χ2v) is 28.2. The standard InChI is InChI=1S/C26H38F6O8.C16H22F6O4.C10H18O5.C7H10N2.C4H8O/c1-14(2)18(33)36-17-12-15(23(9,10)39-19(34)37-21(3,4)5)11-16(13-17)24(25(27,28)29,26(30,31)32)40-20(35)38-22(6,7)8;1-8(2)12(23)26-11-6-9(13(3,4)24)5-10(7-11)14(25,15(17,18)19)16(20,21)22;1-9(2,3)14-7(11)13-8(12)15-10(4,5)6;1-9(2)7-3-5-8-6-4-7;1-2-4-5-3-1/h15-17H,1,11-13H2,2-10H3;9-11,24-25H,1,5-7H2,2-4H3;1-6H3;3-6H,1-2H3;1-4H2. The van der Waals surface area contributed by atoms with Gasteiger partial charge in [0.05, 0.1) is 5.60 Å². The maximum atomic E-state index is 14.5. The first-order chi connectivity index (χ1) is 42.3. The van der Waals surface area contributed by atoms with Gasteiger partial charge in [0.1, 0.15) is 40.2 Å². The number of aromatic nitrogens is 1. The van der Waals surface area contributed by atoms with E-state index in [0.717, 1.165) is 13.2 Å². The molecule has 20 nitrogen and oxygen atoms in total. The Balaban J connectivity index is 0.00000135. The molecule has 6 unspecified atom stereocenters. The summed E-state index contributed by atoms with van der Waals surface area (Å²) in [6, 6.07) is 3.94. The fourth-order valence-corrected chi connectivity index (χ4v) is 9.23. The molecule has 0 aromatic carbocycles. The summed E-state index contributed by atoms with van der Waals surface area (Å²) < 4.78 is 214. The van der Waals surface area contributed by atoms with Crippen molar-refractivity contribution in [3.63, 3.8) is 0 Å². The molecule has 2 aliphatic carbocycles. The van der Waals surface area contributed by atoms with Gasteiger partial charge < -0.3 is 62.5 Å². The lowest BCUT2D eigenvalue weighted by atomic mass is 9.66. The molecule has 0 bridgehead atoms. The predicted octanol–water partition coefficient (Wildman–Crippen LogP) is 15.8. The first-order valence-electron chi connectivity index (χ1n) is 29.9. The van der Waals surface area contributed by atoms with Crippen molar-refractivity contribution in [1.29, 1.82) is 0 Å². The van der Waals surface area contributed by atoms with Crippen molar-refractivity contribution in [3.8, 4) is 0 Å². The number of carbonyl (C=O) groups is 6. The molecule has 1 saturated heterocycles. The van der Waals surface area contributed by atoms with E-state index in [9.17, 15) is 91.7 Å². The molecule has 3 aliphatic rings. The third kappa shape index (κ3) is 30.8. The molecule has 1 aliphatic heterocycles. The highest BCUT2D eigenvalue weighted by Crippen LogP contribution is 2.57. The van der Waals surface area contributed by atoms with Crippen molar-refractivity contribution >= 4 is 42.2 Å². The van der Waals surface area contributed by atoms with Crippen LogP contribution in [-0.2, 0) is 57.0 Å². The highest BCUT2D eigenvalue weighted by atomic mass is 19.4. The topological polar surface area (TPSA) is 251 Å². The van der Waals surface area contributed by atoms with E-state index < -0.39 is 168 Å². The zero-order valence-corrected chi connectivity index (χ0v) is 57.6. The second kappa shape index (κ2) is 34.3. The van der Waals surface area contributed by atoms with Crippen LogP contribution in [0, 0.1) is 23.7 Å². The van der Waals surface area contributed by atoms with Crippen LogP contribution in [0.3, 0.4) is 0 Å². The minimum Gasteiger partial charge on any atom is -0.459 e. The van der Waals surface area contributed by atoms with Gasteiger partial charge in [0.2, 0.25) is 0 Å². The quantitative estimate of drug-likeness (QED) is 0.0686. The van der Waals surface area contributed by atoms with Crippen LogP contribution in [-0.4, -0.2) is 161 Å². The number of carbonyl (C=O) groups excluding carboxylic acids is 6. The number of ether oxygens (including phenoxy) is 10. The average Bonchev–Trinajstić information content (AvgIpc) is 0.815. The van der Waals surface area contributed by atoms with E-state index in [0.29, 0.717) is 0 Å². The Kier molecular flexibility index (Phi) is 32.0. The summed E-state index contributed by atoms with van der Waals surface area (Å²) in [6.45, 7) is 34.5. The summed E-state index contributed by atoms with van der Waals surface area (Å²) in [5.41, 5.74) is -16.3. The number of hydrogen-bond donors (Lipinski definition) is 2. The number of aliphatic hydroxyl groups is 2. The van der Waals surface area contributed by atoms with E-state index in [1.165, 1.54) is 102 Å². The van der Waals surface area contributed by atoms with Crippen molar-refractivity contribution in [3.05, 3.63) is 48.8 Å². The monoisotopic (exact) mass is 1400 g/mol. The third-order valence-corrected chi connectivity index (χ3v) is 13.7. The van der Waals surface area contributed by atoms with E-state index in [-0.39, 0.29) is 24.0 Å². The molecule has 95 heavy (non-hydrogen) atoms. The van der Waals surface area contributed by atoms with Crippen LogP contribution in [0.15, 0.2) is 48.8 Å². The van der Waals surface area contributed by atoms with Crippen LogP contribution < -0.4 is 4.90 Å². The summed E-state index contributed by atoms with van der Waals surface area (Å²) in [5, 5.41) is 19.8. The van der Waals surface area contributed by atoms with Crippen molar-refractivity contribution < 1.29 is 139 Å². The molecule has 3 fully saturated rings. The highest BCUT2D eigenvalue weighted by molar-refractivity contribution is 5.87. The van der Waals surface area contributed by atoms with Gasteiger partial charge in [-0.3, -0.25) is 4.98 Å². The molecule has 0 amide bonds. The van der Waals surface area contributed by atoms with Gasteiger partial charge in [-0.2, -0.15) is 52.7 Å². The Morgan fingerprint density at radius 2 is 0.800 bits per heavy atom. The van der Waals surface area contributed by atoms with E-state index in [1.807, 2.05) is 31.1 Å². The first-order valence-corrected chi connectivity index (χ1v) is 29.9. The molecule has 550 valence electrons. The van der Waals surface area contributed by atoms with E-state index in [4.69, 9.17) is 33.2 Å². The maximum absolute atomic E-state index is 14.5. The Morgan fingerprint density at radius 1 is 0.474 bits per heavy atom. The average molecular weight is 1400 g/mol. The van der Waals surface area contributed by atoms with Gasteiger partial charge in [0.15, 0.2) is 0 Å². The summed E-state index contributed by atoms with van der Waals surface area (Å²) >= 11 is 0. The fourth-order valence-electron chi connectivity index (χ4n) is 9.23. The van der Waals surface area contributed by atoms with Crippen LogP contribution in [0.4, 0.5) is 77.6 Å². The number of esters is 2. The lowest BCUT2D eigenvalue weighted by Gasteiger charge is -2.48. The van der Waals surface area contributed by atoms with Gasteiger partial charge in [-0.15, -0.1) is 0 Å². The number of hydrogen-bond acceptors (Lipinski definition) is 20. The molecule has 2 N–H and O–H groups in total. The number of pyridine rings is 1. The molecule has 2 saturated carbocycles. The predicted molar refractivity (Wildman–Crippen MR) is 320 cm³/mol. The third-order valence-electron chi connectivity index (χ3n) is 13.7. The van der Waals surface area contributed by atoms with Crippen molar-refractivity contribution in [1.82, 2.24) is 4.98 Å². The number of rotatable bonds is 11. The lowest BCUT2D eigenvalue weighted by molar-refractivity contribution is -0.390. The smallest absolute Gasteiger partial charge is 0.459 e. The summed E-state index contributed by atoms with van der Waals surface area (Å²) in [6.07, 6.45) is -30.4. The van der Waals surface area contributed by atoms with Gasteiger partial charge in [0, 0.05) is 74.3 Å². The zero-order valence-electron chi connectivity index (χ0n) is 57.6. The highest BCUT2D eigenvalue weighted by Gasteiger charge is 2.79. The minimum atomic E-state index is -6.17. The van der Waals surface area contributed by atoms with Crippen LogP contribution in [0.2, 0.25) is 0 Å². The lowest BCUT2D eigenvalue weighted by Crippen LogP contribution is -2.66. The molecule has 1 aromatic rings. The molecule has 0 spiro atoms. The van der Waals surface area contributed by atoms with Crippen LogP contribution in [0.5, 0.6) is 0 Å². The molecule has 1 aromatic heterocycles. The fraction of sp³-hybridized carbons (Fsp3) is 0.762. The summed E-state index contributed by atoms with van der Waals surface area (Å²) in [4.78, 5) is 76.4. The second-order valence-electron chi connectivity index (χ2n) is 28.2.